The summed E-state index contributed by atoms with van der Waals surface area (Å²) in [5.41, 5.74) is 0.915. The summed E-state index contributed by atoms with van der Waals surface area (Å²) in [7, 11) is 0. The maximum Gasteiger partial charge on any atom is 0.416 e. The summed E-state index contributed by atoms with van der Waals surface area (Å²) < 4.78 is 39.8. The molecule has 4 rings (SSSR count). The van der Waals surface area contributed by atoms with Gasteiger partial charge in [0.25, 0.3) is 0 Å². The number of hydrogen-bond acceptors (Lipinski definition) is 2. The van der Waals surface area contributed by atoms with Crippen LogP contribution in [0.1, 0.15) is 59.2 Å². The van der Waals surface area contributed by atoms with Gasteiger partial charge in [-0.25, -0.2) is 0 Å². The van der Waals surface area contributed by atoms with Crippen molar-refractivity contribution in [3.05, 3.63) is 70.8 Å². The topological polar surface area (TPSA) is 20.3 Å². The molecular weight excluding hydrogens is 375 g/mol. The summed E-state index contributed by atoms with van der Waals surface area (Å²) in [6.45, 7) is 2.31. The molecule has 2 bridgehead atoms. The molecule has 2 aliphatic heterocycles. The van der Waals surface area contributed by atoms with Gasteiger partial charge in [-0.2, -0.15) is 13.2 Å². The number of hydrogen-bond donors (Lipinski definition) is 0. The van der Waals surface area contributed by atoms with Gasteiger partial charge in [0.15, 0.2) is 5.78 Å². The van der Waals surface area contributed by atoms with Crippen LogP contribution in [0.4, 0.5) is 13.2 Å². The van der Waals surface area contributed by atoms with Crippen molar-refractivity contribution in [2.75, 3.05) is 0 Å². The molecule has 2 heterocycles. The molecule has 29 heavy (non-hydrogen) atoms. The van der Waals surface area contributed by atoms with E-state index in [1.54, 1.807) is 6.07 Å². The third-order valence-electron chi connectivity index (χ3n) is 6.53. The predicted molar refractivity (Wildman–Crippen MR) is 107 cm³/mol. The lowest BCUT2D eigenvalue weighted by Gasteiger charge is -2.48. The van der Waals surface area contributed by atoms with E-state index in [0.717, 1.165) is 44.7 Å². The number of Topliss-reactive ketones (excluding diaryl/α,β-unsaturated/α-hetero) is 1. The number of ketones is 1. The lowest BCUT2D eigenvalue weighted by molar-refractivity contribution is -0.138. The average molecular weight is 401 g/mol. The Morgan fingerprint density at radius 1 is 1.03 bits per heavy atom. The van der Waals surface area contributed by atoms with E-state index in [0.29, 0.717) is 12.1 Å². The Balaban J connectivity index is 1.52. The molecular formula is C24H26F3NO. The molecule has 0 amide bonds. The number of halogens is 3. The van der Waals surface area contributed by atoms with Crippen LogP contribution in [0.2, 0.25) is 0 Å². The molecule has 0 aromatic heterocycles. The van der Waals surface area contributed by atoms with Crippen molar-refractivity contribution in [2.45, 2.75) is 63.8 Å². The van der Waals surface area contributed by atoms with Gasteiger partial charge in [-0.3, -0.25) is 9.69 Å². The molecule has 0 aliphatic carbocycles. The van der Waals surface area contributed by atoms with Gasteiger partial charge in [0.1, 0.15) is 0 Å². The number of carbonyl (C=O) groups is 1. The van der Waals surface area contributed by atoms with Gasteiger partial charge in [0, 0.05) is 30.1 Å². The standard InChI is InChI=1S/C24H26F3NO/c1-16-10-11-18(14-22(16)24(25,26)27)23(29)19-12-20-8-5-9-21(13-19)28(20)15-17-6-3-2-4-7-17/h2-4,6-7,10-11,14,19-21H,5,8-9,12-13,15H2,1H3. The van der Waals surface area contributed by atoms with E-state index < -0.39 is 11.7 Å². The molecule has 0 spiro atoms. The summed E-state index contributed by atoms with van der Waals surface area (Å²) >= 11 is 0. The van der Waals surface area contributed by atoms with Crippen LogP contribution in [-0.2, 0) is 12.7 Å². The van der Waals surface area contributed by atoms with Gasteiger partial charge in [0.2, 0.25) is 0 Å². The van der Waals surface area contributed by atoms with Crippen LogP contribution in [0.25, 0.3) is 0 Å². The van der Waals surface area contributed by atoms with Crippen LogP contribution in [0, 0.1) is 12.8 Å². The zero-order valence-electron chi connectivity index (χ0n) is 16.6. The fourth-order valence-electron chi connectivity index (χ4n) is 5.06. The molecule has 2 nitrogen and oxygen atoms in total. The van der Waals surface area contributed by atoms with Crippen molar-refractivity contribution in [1.82, 2.24) is 4.90 Å². The highest BCUT2D eigenvalue weighted by Crippen LogP contribution is 2.40. The fraction of sp³-hybridized carbons (Fsp3) is 0.458. The first-order valence-corrected chi connectivity index (χ1v) is 10.3. The zero-order valence-corrected chi connectivity index (χ0v) is 16.6. The molecule has 2 aromatic carbocycles. The first-order valence-electron chi connectivity index (χ1n) is 10.3. The van der Waals surface area contributed by atoms with Crippen LogP contribution in [0.5, 0.6) is 0 Å². The second kappa shape index (κ2) is 7.94. The predicted octanol–water partition coefficient (Wildman–Crippen LogP) is 6.03. The highest BCUT2D eigenvalue weighted by Gasteiger charge is 2.41. The van der Waals surface area contributed by atoms with Crippen LogP contribution in [0.15, 0.2) is 48.5 Å². The Kier molecular flexibility index (Phi) is 5.52. The number of nitrogens with zero attached hydrogens (tertiary/aromatic N) is 1. The average Bonchev–Trinajstić information content (AvgIpc) is 2.67. The molecule has 2 atom stereocenters. The van der Waals surface area contributed by atoms with Crippen molar-refractivity contribution in [1.29, 1.82) is 0 Å². The SMILES string of the molecule is Cc1ccc(C(=O)C2CC3CCCC(C2)N3Cc2ccccc2)cc1C(F)(F)F. The number of alkyl halides is 3. The van der Waals surface area contributed by atoms with E-state index in [1.165, 1.54) is 18.6 Å². The monoisotopic (exact) mass is 401 g/mol. The molecule has 0 radical (unpaired) electrons. The molecule has 0 saturated carbocycles. The van der Waals surface area contributed by atoms with E-state index in [1.807, 2.05) is 18.2 Å². The normalized spacial score (nSPS) is 25.0. The van der Waals surface area contributed by atoms with E-state index in [2.05, 4.69) is 17.0 Å². The van der Waals surface area contributed by atoms with Crippen LogP contribution in [-0.4, -0.2) is 22.8 Å². The van der Waals surface area contributed by atoms with E-state index in [9.17, 15) is 18.0 Å². The number of aryl methyl sites for hydroxylation is 1. The molecule has 2 aromatic rings. The quantitative estimate of drug-likeness (QED) is 0.583. The Hall–Kier alpha value is -2.14. The summed E-state index contributed by atoms with van der Waals surface area (Å²) in [6.07, 6.45) is 0.290. The summed E-state index contributed by atoms with van der Waals surface area (Å²) in [6, 6.07) is 15.0. The number of rotatable bonds is 4. The number of benzene rings is 2. The van der Waals surface area contributed by atoms with Gasteiger partial charge in [-0.15, -0.1) is 0 Å². The summed E-state index contributed by atoms with van der Waals surface area (Å²) in [5.74, 6) is -0.326. The van der Waals surface area contributed by atoms with Gasteiger partial charge >= 0.3 is 6.18 Å². The van der Waals surface area contributed by atoms with Crippen LogP contribution >= 0.6 is 0 Å². The lowest BCUT2D eigenvalue weighted by Crippen LogP contribution is -2.52. The molecule has 2 unspecified atom stereocenters. The van der Waals surface area contributed by atoms with Crippen molar-refractivity contribution in [2.24, 2.45) is 5.92 Å². The van der Waals surface area contributed by atoms with Gasteiger partial charge in [-0.1, -0.05) is 48.9 Å². The number of fused-ring (bicyclic) bond motifs is 2. The van der Waals surface area contributed by atoms with Gasteiger partial charge < -0.3 is 0 Å². The third kappa shape index (κ3) is 4.25. The fourth-order valence-corrected chi connectivity index (χ4v) is 5.06. The van der Waals surface area contributed by atoms with Crippen LogP contribution < -0.4 is 0 Å². The first kappa shape index (κ1) is 20.1. The third-order valence-corrected chi connectivity index (χ3v) is 6.53. The van der Waals surface area contributed by atoms with Crippen molar-refractivity contribution in [3.8, 4) is 0 Å². The Morgan fingerprint density at radius 2 is 1.69 bits per heavy atom. The summed E-state index contributed by atoms with van der Waals surface area (Å²) in [4.78, 5) is 15.6. The van der Waals surface area contributed by atoms with E-state index in [4.69, 9.17) is 0 Å². The Bertz CT molecular complexity index is 863. The molecule has 2 saturated heterocycles. The Labute approximate surface area is 169 Å². The van der Waals surface area contributed by atoms with Crippen molar-refractivity contribution in [3.63, 3.8) is 0 Å². The molecule has 154 valence electrons. The van der Waals surface area contributed by atoms with Crippen molar-refractivity contribution < 1.29 is 18.0 Å². The van der Waals surface area contributed by atoms with E-state index >= 15 is 0 Å². The maximum atomic E-state index is 13.3. The zero-order chi connectivity index (χ0) is 20.6. The second-order valence-corrected chi connectivity index (χ2v) is 8.46. The molecule has 5 heteroatoms. The second-order valence-electron chi connectivity index (χ2n) is 8.46. The number of carbonyl (C=O) groups excluding carboxylic acids is 1. The van der Waals surface area contributed by atoms with Crippen LogP contribution in [0.3, 0.4) is 0 Å². The molecule has 2 fully saturated rings. The molecule has 2 aliphatic rings. The summed E-state index contributed by atoms with van der Waals surface area (Å²) in [5, 5.41) is 0. The minimum atomic E-state index is -4.43. The minimum absolute atomic E-state index is 0.133. The molecule has 0 N–H and O–H groups in total. The largest absolute Gasteiger partial charge is 0.416 e. The Morgan fingerprint density at radius 3 is 2.31 bits per heavy atom. The number of piperidine rings is 2. The lowest BCUT2D eigenvalue weighted by atomic mass is 9.75. The highest BCUT2D eigenvalue weighted by molar-refractivity contribution is 5.98. The smallest absolute Gasteiger partial charge is 0.294 e. The first-order chi connectivity index (χ1) is 13.8. The minimum Gasteiger partial charge on any atom is -0.294 e. The highest BCUT2D eigenvalue weighted by atomic mass is 19.4. The van der Waals surface area contributed by atoms with E-state index in [-0.39, 0.29) is 22.8 Å². The van der Waals surface area contributed by atoms with Gasteiger partial charge in [0.05, 0.1) is 5.56 Å². The van der Waals surface area contributed by atoms with Gasteiger partial charge in [-0.05, 0) is 49.8 Å². The maximum absolute atomic E-state index is 13.3. The van der Waals surface area contributed by atoms with Crippen molar-refractivity contribution >= 4 is 5.78 Å².